The molecule has 138 heavy (non-hydrogen) atoms. The summed E-state index contributed by atoms with van der Waals surface area (Å²) >= 11 is 4.28. The van der Waals surface area contributed by atoms with E-state index in [2.05, 4.69) is 108 Å². The quantitative estimate of drug-likeness (QED) is 0.00846. The molecule has 16 atom stereocenters. The Morgan fingerprint density at radius 1 is 0.457 bits per heavy atom. The molecule has 0 aliphatic carbocycles. The number of thiol groups is 1. The zero-order valence-electron chi connectivity index (χ0n) is 78.0. The van der Waals surface area contributed by atoms with Gasteiger partial charge in [0.1, 0.15) is 96.4 Å². The number of aromatic hydroxyl groups is 1. The van der Waals surface area contributed by atoms with E-state index in [1.807, 2.05) is 13.8 Å². The molecule has 4 aromatic rings. The van der Waals surface area contributed by atoms with Crippen LogP contribution in [0.3, 0.4) is 0 Å². The number of nitrogens with one attached hydrogen (secondary N) is 19. The van der Waals surface area contributed by atoms with Gasteiger partial charge in [-0.2, -0.15) is 12.6 Å². The summed E-state index contributed by atoms with van der Waals surface area (Å²) in [5.41, 5.74) is 13.2. The predicted molar refractivity (Wildman–Crippen MR) is 502 cm³/mol. The first-order valence-electron chi connectivity index (χ1n) is 45.8. The highest BCUT2D eigenvalue weighted by molar-refractivity contribution is 7.80. The number of benzene rings is 3. The molecule has 2 aliphatic heterocycles. The number of phenols is 1. The molecule has 47 nitrogen and oxygen atoms in total. The molecule has 1 aromatic heterocycles. The molecule has 16 amide bonds. The Morgan fingerprint density at radius 2 is 0.884 bits per heavy atom. The van der Waals surface area contributed by atoms with Crippen LogP contribution in [-0.4, -0.2) is 320 Å². The summed E-state index contributed by atoms with van der Waals surface area (Å²) in [7, 11) is 0. The van der Waals surface area contributed by atoms with Gasteiger partial charge in [-0.15, -0.1) is 0 Å². The number of phenolic OH excluding ortho intramolecular Hbond substituents is 1. The number of hydrogen-bond acceptors (Lipinski definition) is 27. The number of carboxylic acids is 2. The first-order valence-corrected chi connectivity index (χ1v) is 46.4. The van der Waals surface area contributed by atoms with Crippen LogP contribution in [0.4, 0.5) is 0 Å². The molecule has 3 heterocycles. The predicted octanol–water partition coefficient (Wildman–Crippen LogP) is -6.46. The SMILES string of the molecule is CC(C)C[C@H](NC(=O)CNC(=O)[C@@H]1CCCN1)C(=O)N[C@@H](CCCCN)C(=O)N[C@@H](CCCNC(=N)N)C(=O)N[C@@H](Cc1ccccc1)C(=O)N[C@@H](CO)C(=O)N[C@@H](CS)C(=O)N[C@@H](CC(C)C)C(=O)N[C@@H](CO)C(=O)N[C@@H](CC(C)C)C(=O)N1CCC[C@H]1C(=O)N[C@@H](CO)C(=O)N[C@@H](CO)C(=O)N[C@@H](Cc1c[nH]c2ccccc12)C(=O)N[C@@H](CC(=O)O)C(=O)N[C@@H](Cc1ccc(O)cc1)C(=O)O. The standard InChI is InChI=1S/C90H134N22O25S/c1-47(2)33-59(98-72(118)41-97-74(121)56-22-14-30-94-56)77(124)100-57(21-12-13-29-91)75(122)99-58(23-15-31-95-90(92)93)76(123)102-61(36-50-17-8-7-9-18-50)79(126)108-68(44-115)85(132)111-70(46-138)86(133)101-60(34-48(3)4)78(125)107-67(43-114)83(130)105-64(35-49(5)6)88(135)112-32-16-24-71(112)87(134)110-69(45-116)84(131)109-66(42-113)82(129)103-62(38-52-40-96-55-20-11-10-19-54(52)55)80(127)104-63(39-73(119)120)81(128)106-65(89(136)137)37-51-25-27-53(117)28-26-51/h7-11,17-20,25-28,40,47-49,56-71,94,96,113-117,138H,12-16,21-24,29-39,41-46,91H2,1-6H3,(H,97,121)(H,98,118)(H,99,122)(H,100,124)(H,101,133)(H,102,123)(H,103,129)(H,104,127)(H,105,130)(H,106,128)(H,107,125)(H,108,126)(H,109,131)(H,110,134)(H,111,132)(H,119,120)(H,136,137)(H4,92,93,95)/t56-,57-,58-,59-,60-,61-,62-,63-,64-,65-,66-,67-,68-,69-,70-,71-/m0/s1. The minimum Gasteiger partial charge on any atom is -0.508 e. The number of fused-ring (bicyclic) bond motifs is 1. The molecule has 760 valence electrons. The van der Waals surface area contributed by atoms with Crippen molar-refractivity contribution < 1.29 is 122 Å². The minimum atomic E-state index is -1.97. The normalized spacial score (nSPS) is 16.5. The summed E-state index contributed by atoms with van der Waals surface area (Å²) in [5, 5.41) is 123. The van der Waals surface area contributed by atoms with E-state index in [0.717, 1.165) is 11.3 Å². The summed E-state index contributed by atoms with van der Waals surface area (Å²) in [6.45, 7) is 6.15. The zero-order chi connectivity index (χ0) is 102. The maximum atomic E-state index is 14.7. The van der Waals surface area contributed by atoms with E-state index in [-0.39, 0.29) is 113 Å². The molecule has 0 saturated carbocycles. The van der Waals surface area contributed by atoms with Gasteiger partial charge in [0.05, 0.1) is 45.4 Å². The van der Waals surface area contributed by atoms with Gasteiger partial charge in [-0.1, -0.05) is 102 Å². The number of carbonyl (C=O) groups is 18. The van der Waals surface area contributed by atoms with Gasteiger partial charge in [0.25, 0.3) is 0 Å². The fourth-order valence-electron chi connectivity index (χ4n) is 15.4. The van der Waals surface area contributed by atoms with Crippen molar-refractivity contribution in [1.29, 1.82) is 5.41 Å². The van der Waals surface area contributed by atoms with Crippen molar-refractivity contribution in [2.75, 3.05) is 64.9 Å². The van der Waals surface area contributed by atoms with Crippen LogP contribution >= 0.6 is 12.6 Å². The summed E-state index contributed by atoms with van der Waals surface area (Å²) < 4.78 is 0. The number of aromatic nitrogens is 1. The number of carbonyl (C=O) groups excluding carboxylic acids is 16. The fourth-order valence-corrected chi connectivity index (χ4v) is 15.6. The fraction of sp³-hybridized carbons (Fsp3) is 0.567. The lowest BCUT2D eigenvalue weighted by Crippen LogP contribution is -2.62. The highest BCUT2D eigenvalue weighted by atomic mass is 32.1. The number of unbranched alkanes of at least 4 members (excludes halogenated alkanes) is 1. The topological polar surface area (TPSA) is 748 Å². The van der Waals surface area contributed by atoms with Crippen molar-refractivity contribution in [3.05, 3.63) is 102 Å². The molecule has 30 N–H and O–H groups in total. The summed E-state index contributed by atoms with van der Waals surface area (Å²) in [6.07, 6.45) is 1.41. The van der Waals surface area contributed by atoms with E-state index < -0.39 is 255 Å². The van der Waals surface area contributed by atoms with Crippen molar-refractivity contribution in [1.82, 2.24) is 100 Å². The van der Waals surface area contributed by atoms with Gasteiger partial charge in [-0.25, -0.2) is 4.79 Å². The lowest BCUT2D eigenvalue weighted by atomic mass is 10.0. The molecule has 2 saturated heterocycles. The zero-order valence-corrected chi connectivity index (χ0v) is 78.9. The highest BCUT2D eigenvalue weighted by Gasteiger charge is 2.43. The Morgan fingerprint density at radius 3 is 1.40 bits per heavy atom. The van der Waals surface area contributed by atoms with Gasteiger partial charge < -0.3 is 147 Å². The van der Waals surface area contributed by atoms with Crippen LogP contribution < -0.4 is 102 Å². The highest BCUT2D eigenvalue weighted by Crippen LogP contribution is 2.24. The van der Waals surface area contributed by atoms with Crippen molar-refractivity contribution in [2.24, 2.45) is 29.2 Å². The number of H-pyrrole nitrogens is 1. The van der Waals surface area contributed by atoms with Crippen LogP contribution in [-0.2, 0) is 106 Å². The van der Waals surface area contributed by atoms with Crippen LogP contribution in [0.5, 0.6) is 5.75 Å². The smallest absolute Gasteiger partial charge is 0.326 e. The molecule has 0 unspecified atom stereocenters. The van der Waals surface area contributed by atoms with Crippen LogP contribution in [0.25, 0.3) is 10.9 Å². The molecule has 0 spiro atoms. The number of aliphatic hydroxyl groups is 4. The van der Waals surface area contributed by atoms with E-state index in [1.54, 1.807) is 82.3 Å². The Kier molecular flexibility index (Phi) is 47.5. The second-order valence-electron chi connectivity index (χ2n) is 35.1. The summed E-state index contributed by atoms with van der Waals surface area (Å²) in [6, 6.07) is -4.82. The number of carboxylic acid groups (broad SMARTS) is 2. The maximum Gasteiger partial charge on any atom is 0.326 e. The molecule has 0 radical (unpaired) electrons. The van der Waals surface area contributed by atoms with Crippen LogP contribution in [0, 0.1) is 23.2 Å². The third kappa shape index (κ3) is 37.4. The Hall–Kier alpha value is -13.2. The van der Waals surface area contributed by atoms with Crippen molar-refractivity contribution in [2.45, 2.75) is 241 Å². The molecule has 48 heteroatoms. The number of hydrogen-bond donors (Lipinski definition) is 29. The first-order chi connectivity index (χ1) is 65.6. The van der Waals surface area contributed by atoms with Gasteiger partial charge in [0.2, 0.25) is 94.5 Å². The number of para-hydroxylation sites is 1. The Labute approximate surface area is 802 Å². The van der Waals surface area contributed by atoms with Gasteiger partial charge >= 0.3 is 11.9 Å². The summed E-state index contributed by atoms with van der Waals surface area (Å²) in [4.78, 5) is 255. The summed E-state index contributed by atoms with van der Waals surface area (Å²) in [5.74, 6) is -21.0. The van der Waals surface area contributed by atoms with Crippen LogP contribution in [0.15, 0.2) is 85.1 Å². The van der Waals surface area contributed by atoms with E-state index in [4.69, 9.17) is 16.9 Å². The molecule has 3 aromatic carbocycles. The largest absolute Gasteiger partial charge is 0.508 e. The molecule has 0 bridgehead atoms. The van der Waals surface area contributed by atoms with Gasteiger partial charge in [0.15, 0.2) is 5.96 Å². The van der Waals surface area contributed by atoms with Crippen molar-refractivity contribution in [3.63, 3.8) is 0 Å². The number of amides is 16. The number of nitrogens with two attached hydrogens (primary N) is 2. The lowest BCUT2D eigenvalue weighted by molar-refractivity contribution is -0.143. The number of likely N-dealkylation sites (tertiary alicyclic amines) is 1. The number of aromatic amines is 1. The number of aliphatic carboxylic acids is 2. The van der Waals surface area contributed by atoms with Gasteiger partial charge in [0, 0.05) is 55.2 Å². The van der Waals surface area contributed by atoms with E-state index in [1.165, 1.54) is 30.5 Å². The molecule has 2 fully saturated rings. The average molecular weight is 1960 g/mol. The third-order valence-corrected chi connectivity index (χ3v) is 22.9. The van der Waals surface area contributed by atoms with Crippen molar-refractivity contribution >= 4 is 136 Å². The monoisotopic (exact) mass is 1950 g/mol. The molecular formula is C90H134N22O25S. The average Bonchev–Trinajstić information content (AvgIpc) is 1.68. The number of guanidine groups is 1. The second kappa shape index (κ2) is 57.8. The molecular weight excluding hydrogens is 1820 g/mol. The number of nitrogens with zero attached hydrogens (tertiary/aromatic N) is 1. The van der Waals surface area contributed by atoms with Crippen molar-refractivity contribution in [3.8, 4) is 5.75 Å². The maximum absolute atomic E-state index is 14.7. The van der Waals surface area contributed by atoms with Crippen LogP contribution in [0.1, 0.15) is 142 Å². The van der Waals surface area contributed by atoms with Gasteiger partial charge in [-0.05, 0) is 143 Å². The van der Waals surface area contributed by atoms with E-state index in [0.29, 0.717) is 53.4 Å². The van der Waals surface area contributed by atoms with E-state index in [9.17, 15) is 122 Å². The third-order valence-electron chi connectivity index (χ3n) is 22.6. The number of rotatable bonds is 59. The lowest BCUT2D eigenvalue weighted by Gasteiger charge is -2.31. The van der Waals surface area contributed by atoms with Gasteiger partial charge in [-0.3, -0.25) is 86.9 Å². The van der Waals surface area contributed by atoms with Crippen LogP contribution in [0.2, 0.25) is 0 Å². The minimum absolute atomic E-state index is 0.00354. The Bertz CT molecular complexity index is 4810. The van der Waals surface area contributed by atoms with E-state index >= 15 is 0 Å². The first kappa shape index (κ1) is 114. The molecule has 6 rings (SSSR count). The molecule has 2 aliphatic rings. The number of aliphatic hydroxyl groups excluding tert-OH is 4. The Balaban J connectivity index is 1.11. The second-order valence-corrected chi connectivity index (χ2v) is 35.5.